The van der Waals surface area contributed by atoms with Gasteiger partial charge in [-0.15, -0.1) is 0 Å². The lowest BCUT2D eigenvalue weighted by atomic mass is 10.1. The maximum Gasteiger partial charge on any atom is 0.308 e. The molecule has 4 heteroatoms. The second-order valence-electron chi connectivity index (χ2n) is 5.57. The fourth-order valence-corrected chi connectivity index (χ4v) is 2.96. The van der Waals surface area contributed by atoms with Gasteiger partial charge >= 0.3 is 5.97 Å². The van der Waals surface area contributed by atoms with Gasteiger partial charge in [0, 0.05) is 24.2 Å². The first kappa shape index (κ1) is 14.3. The lowest BCUT2D eigenvalue weighted by Gasteiger charge is -2.17. The number of para-hydroxylation sites is 2. The number of carbonyl (C=O) groups excluding carboxylic acids is 1. The van der Waals surface area contributed by atoms with Crippen LogP contribution in [0.1, 0.15) is 6.92 Å². The molecule has 4 aromatic rings. The van der Waals surface area contributed by atoms with Crippen molar-refractivity contribution < 1.29 is 9.53 Å². The first-order valence-electron chi connectivity index (χ1n) is 7.76. The van der Waals surface area contributed by atoms with Crippen molar-refractivity contribution >= 4 is 33.8 Å². The Balaban J connectivity index is 2.04. The van der Waals surface area contributed by atoms with Crippen molar-refractivity contribution in [2.24, 2.45) is 0 Å². The number of pyridine rings is 1. The fraction of sp³-hybridized carbons (Fsp3) is 0.0500. The third-order valence-electron chi connectivity index (χ3n) is 3.93. The molecule has 2 aromatic heterocycles. The molecule has 0 aliphatic carbocycles. The zero-order chi connectivity index (χ0) is 16.5. The summed E-state index contributed by atoms with van der Waals surface area (Å²) < 4.78 is 7.68. The molecule has 2 aromatic carbocycles. The molecule has 1 N–H and O–H groups in total. The van der Waals surface area contributed by atoms with Crippen LogP contribution in [0.5, 0.6) is 5.75 Å². The van der Waals surface area contributed by atoms with Crippen LogP contribution < -0.4 is 10.1 Å². The Morgan fingerprint density at radius 2 is 1.62 bits per heavy atom. The van der Waals surface area contributed by atoms with Gasteiger partial charge in [0.15, 0.2) is 5.75 Å². The van der Waals surface area contributed by atoms with Crippen LogP contribution >= 0.6 is 0 Å². The Bertz CT molecular complexity index is 1040. The summed E-state index contributed by atoms with van der Waals surface area (Å²) in [6, 6.07) is 21.7. The average Bonchev–Trinajstić information content (AvgIpc) is 3.08. The highest BCUT2D eigenvalue weighted by atomic mass is 16.5. The van der Waals surface area contributed by atoms with E-state index in [1.165, 1.54) is 6.92 Å². The number of nitrogens with zero attached hydrogens (tertiary/aromatic N) is 1. The van der Waals surface area contributed by atoms with Crippen LogP contribution in [-0.2, 0) is 4.79 Å². The molecule has 0 fully saturated rings. The quantitative estimate of drug-likeness (QED) is 0.554. The summed E-state index contributed by atoms with van der Waals surface area (Å²) in [5.74, 6) is 0.209. The van der Waals surface area contributed by atoms with Crippen molar-refractivity contribution in [3.8, 4) is 5.75 Å². The molecule has 0 unspecified atom stereocenters. The number of rotatable bonds is 3. The van der Waals surface area contributed by atoms with Gasteiger partial charge in [0.1, 0.15) is 5.69 Å². The van der Waals surface area contributed by atoms with Crippen molar-refractivity contribution in [3.63, 3.8) is 0 Å². The van der Waals surface area contributed by atoms with E-state index >= 15 is 0 Å². The van der Waals surface area contributed by atoms with E-state index < -0.39 is 0 Å². The van der Waals surface area contributed by atoms with Crippen molar-refractivity contribution in [2.75, 3.05) is 5.32 Å². The SMILES string of the molecule is CC(=O)Oc1c(Nc2ccccc2)c2cccn2c2ccccc12. The van der Waals surface area contributed by atoms with Gasteiger partial charge in [-0.2, -0.15) is 0 Å². The molecular formula is C20H16N2O2. The molecule has 0 atom stereocenters. The average molecular weight is 316 g/mol. The third-order valence-corrected chi connectivity index (χ3v) is 3.93. The minimum Gasteiger partial charge on any atom is -0.424 e. The number of nitrogens with one attached hydrogen (secondary N) is 1. The van der Waals surface area contributed by atoms with Crippen molar-refractivity contribution in [2.45, 2.75) is 6.92 Å². The Labute approximate surface area is 139 Å². The molecule has 0 saturated carbocycles. The van der Waals surface area contributed by atoms with Crippen LogP contribution in [0.2, 0.25) is 0 Å². The Morgan fingerprint density at radius 1 is 0.917 bits per heavy atom. The van der Waals surface area contributed by atoms with Crippen LogP contribution in [0.4, 0.5) is 11.4 Å². The molecule has 0 radical (unpaired) electrons. The minimum atomic E-state index is -0.341. The first-order valence-corrected chi connectivity index (χ1v) is 7.76. The van der Waals surface area contributed by atoms with Gasteiger partial charge in [-0.3, -0.25) is 4.79 Å². The lowest BCUT2D eigenvalue weighted by Crippen LogP contribution is -2.06. The molecule has 0 aliphatic heterocycles. The van der Waals surface area contributed by atoms with E-state index in [0.29, 0.717) is 5.75 Å². The molecule has 2 heterocycles. The molecule has 4 rings (SSSR count). The smallest absolute Gasteiger partial charge is 0.308 e. The number of hydrogen-bond donors (Lipinski definition) is 1. The third kappa shape index (κ3) is 2.38. The highest BCUT2D eigenvalue weighted by molar-refractivity contribution is 6.01. The summed E-state index contributed by atoms with van der Waals surface area (Å²) in [6.07, 6.45) is 2.01. The fourth-order valence-electron chi connectivity index (χ4n) is 2.96. The number of esters is 1. The molecule has 0 aliphatic rings. The maximum absolute atomic E-state index is 11.7. The molecule has 118 valence electrons. The topological polar surface area (TPSA) is 42.7 Å². The van der Waals surface area contributed by atoms with Crippen molar-refractivity contribution in [1.82, 2.24) is 4.40 Å². The second-order valence-corrected chi connectivity index (χ2v) is 5.57. The van der Waals surface area contributed by atoms with Gasteiger partial charge < -0.3 is 14.5 Å². The van der Waals surface area contributed by atoms with E-state index in [-0.39, 0.29) is 5.97 Å². The molecule has 4 nitrogen and oxygen atoms in total. The van der Waals surface area contributed by atoms with Gasteiger partial charge in [0.2, 0.25) is 0 Å². The van der Waals surface area contributed by atoms with E-state index in [9.17, 15) is 4.79 Å². The van der Waals surface area contributed by atoms with Crippen LogP contribution in [0.25, 0.3) is 16.4 Å². The van der Waals surface area contributed by atoms with Gasteiger partial charge in [0.25, 0.3) is 0 Å². The Morgan fingerprint density at radius 3 is 2.42 bits per heavy atom. The number of hydrogen-bond acceptors (Lipinski definition) is 3. The summed E-state index contributed by atoms with van der Waals surface area (Å²) in [7, 11) is 0. The minimum absolute atomic E-state index is 0.341. The number of anilines is 2. The van der Waals surface area contributed by atoms with E-state index in [1.807, 2.05) is 72.9 Å². The Hall–Kier alpha value is -3.27. The number of benzene rings is 2. The van der Waals surface area contributed by atoms with Gasteiger partial charge in [-0.05, 0) is 36.4 Å². The number of fused-ring (bicyclic) bond motifs is 3. The van der Waals surface area contributed by atoms with Gasteiger partial charge in [-0.25, -0.2) is 0 Å². The van der Waals surface area contributed by atoms with E-state index in [1.54, 1.807) is 0 Å². The van der Waals surface area contributed by atoms with Crippen LogP contribution in [-0.4, -0.2) is 10.4 Å². The summed E-state index contributed by atoms with van der Waals surface area (Å²) in [6.45, 7) is 1.42. The summed E-state index contributed by atoms with van der Waals surface area (Å²) in [4.78, 5) is 11.7. The molecule has 0 spiro atoms. The number of aromatic nitrogens is 1. The summed E-state index contributed by atoms with van der Waals surface area (Å²) in [5, 5.41) is 4.29. The van der Waals surface area contributed by atoms with E-state index in [4.69, 9.17) is 4.74 Å². The highest BCUT2D eigenvalue weighted by Crippen LogP contribution is 2.39. The predicted molar refractivity (Wildman–Crippen MR) is 95.9 cm³/mol. The largest absolute Gasteiger partial charge is 0.424 e. The molecule has 0 bridgehead atoms. The maximum atomic E-state index is 11.7. The second kappa shape index (κ2) is 5.74. The van der Waals surface area contributed by atoms with Crippen LogP contribution in [0.3, 0.4) is 0 Å². The lowest BCUT2D eigenvalue weighted by molar-refractivity contribution is -0.131. The zero-order valence-electron chi connectivity index (χ0n) is 13.2. The normalized spacial score (nSPS) is 10.9. The predicted octanol–water partition coefficient (Wildman–Crippen LogP) is 4.76. The molecule has 0 amide bonds. The van der Waals surface area contributed by atoms with Gasteiger partial charge in [-0.1, -0.05) is 30.3 Å². The monoisotopic (exact) mass is 316 g/mol. The summed E-state index contributed by atoms with van der Waals surface area (Å²) in [5.41, 5.74) is 3.66. The van der Waals surface area contributed by atoms with Crippen molar-refractivity contribution in [1.29, 1.82) is 0 Å². The van der Waals surface area contributed by atoms with Crippen molar-refractivity contribution in [3.05, 3.63) is 72.9 Å². The highest BCUT2D eigenvalue weighted by Gasteiger charge is 2.17. The van der Waals surface area contributed by atoms with E-state index in [0.717, 1.165) is 27.8 Å². The van der Waals surface area contributed by atoms with Crippen LogP contribution in [0, 0.1) is 0 Å². The molecular weight excluding hydrogens is 300 g/mol. The Kier molecular flexibility index (Phi) is 3.43. The molecule has 24 heavy (non-hydrogen) atoms. The van der Waals surface area contributed by atoms with Crippen LogP contribution in [0.15, 0.2) is 72.9 Å². The first-order chi connectivity index (χ1) is 11.7. The standard InChI is InChI=1S/C20H16N2O2/c1-14(23)24-20-16-10-5-6-11-17(16)22-13-7-12-18(22)19(20)21-15-8-3-2-4-9-15/h2-13,21H,1H3. The molecule has 0 saturated heterocycles. The number of carbonyl (C=O) groups is 1. The zero-order valence-corrected chi connectivity index (χ0v) is 13.2. The number of ether oxygens (including phenoxy) is 1. The van der Waals surface area contributed by atoms with Gasteiger partial charge in [0.05, 0.1) is 11.0 Å². The summed E-state index contributed by atoms with van der Waals surface area (Å²) >= 11 is 0. The van der Waals surface area contributed by atoms with E-state index in [2.05, 4.69) is 9.72 Å².